The van der Waals surface area contributed by atoms with Crippen LogP contribution in [0.3, 0.4) is 0 Å². The van der Waals surface area contributed by atoms with Crippen molar-refractivity contribution in [3.63, 3.8) is 0 Å². The van der Waals surface area contributed by atoms with Crippen LogP contribution < -0.4 is 10.9 Å². The number of nitrogens with one attached hydrogen (secondary N) is 2. The molecule has 6 rings (SSSR count). The maximum absolute atomic E-state index is 13.1. The summed E-state index contributed by atoms with van der Waals surface area (Å²) in [5, 5.41) is 4.13. The lowest BCUT2D eigenvalue weighted by atomic mass is 9.49. The molecule has 4 saturated carbocycles. The molecule has 4 nitrogen and oxygen atoms in total. The Morgan fingerprint density at radius 1 is 1.15 bits per heavy atom. The van der Waals surface area contributed by atoms with Gasteiger partial charge in [0.15, 0.2) is 0 Å². The zero-order valence-electron chi connectivity index (χ0n) is 15.3. The van der Waals surface area contributed by atoms with Crippen molar-refractivity contribution in [2.45, 2.75) is 52.0 Å². The Hall–Kier alpha value is -2.10. The molecule has 0 atom stereocenters. The lowest BCUT2D eigenvalue weighted by Crippen LogP contribution is -2.53. The van der Waals surface area contributed by atoms with Gasteiger partial charge < -0.3 is 10.3 Å². The number of aromatic nitrogens is 1. The molecule has 1 aromatic heterocycles. The van der Waals surface area contributed by atoms with Gasteiger partial charge in [0.1, 0.15) is 0 Å². The van der Waals surface area contributed by atoms with Gasteiger partial charge in [-0.15, -0.1) is 0 Å². The molecule has 0 aliphatic heterocycles. The van der Waals surface area contributed by atoms with Crippen molar-refractivity contribution in [1.29, 1.82) is 0 Å². The first-order chi connectivity index (χ1) is 12.5. The van der Waals surface area contributed by atoms with Crippen molar-refractivity contribution in [1.82, 2.24) is 10.3 Å². The molecule has 4 bridgehead atoms. The van der Waals surface area contributed by atoms with Crippen LogP contribution in [0, 0.1) is 30.1 Å². The number of aromatic amines is 1. The second-order valence-corrected chi connectivity index (χ2v) is 9.04. The lowest BCUT2D eigenvalue weighted by Gasteiger charge is -2.55. The molecule has 1 amide bonds. The van der Waals surface area contributed by atoms with E-state index in [1.165, 1.54) is 19.3 Å². The molecule has 0 unspecified atom stereocenters. The van der Waals surface area contributed by atoms with Crippen molar-refractivity contribution >= 4 is 16.8 Å². The first-order valence-corrected chi connectivity index (χ1v) is 9.92. The number of para-hydroxylation sites is 1. The minimum Gasteiger partial charge on any atom is -0.351 e. The summed E-state index contributed by atoms with van der Waals surface area (Å²) < 4.78 is 0. The first kappa shape index (κ1) is 16.1. The summed E-state index contributed by atoms with van der Waals surface area (Å²) >= 11 is 0. The zero-order valence-corrected chi connectivity index (χ0v) is 15.3. The van der Waals surface area contributed by atoms with E-state index in [0.717, 1.165) is 53.5 Å². The fraction of sp³-hybridized carbons (Fsp3) is 0.545. The maximum Gasteiger partial charge on any atom is 0.253 e. The predicted molar refractivity (Wildman–Crippen MR) is 102 cm³/mol. The van der Waals surface area contributed by atoms with E-state index in [1.807, 2.05) is 31.2 Å². The number of amides is 1. The molecule has 4 aliphatic rings. The van der Waals surface area contributed by atoms with Gasteiger partial charge in [0.25, 0.3) is 5.56 Å². The van der Waals surface area contributed by atoms with Gasteiger partial charge in [0, 0.05) is 17.5 Å². The standard InChI is InChI=1S/C22H26N2O2/c1-13-3-2-4-17-8-18(20(25)24-19(13)17)12-23-21(26)22-9-14-5-15(10-22)7-16(6-14)11-22/h2-4,8,14-16H,5-7,9-12H2,1H3,(H,23,26)(H,24,25). The van der Waals surface area contributed by atoms with E-state index in [4.69, 9.17) is 0 Å². The smallest absolute Gasteiger partial charge is 0.253 e. The third-order valence-electron chi connectivity index (χ3n) is 7.12. The van der Waals surface area contributed by atoms with Crippen LogP contribution in [0.4, 0.5) is 0 Å². The summed E-state index contributed by atoms with van der Waals surface area (Å²) in [5.74, 6) is 2.43. The third kappa shape index (κ3) is 2.50. The van der Waals surface area contributed by atoms with Gasteiger partial charge in [-0.2, -0.15) is 0 Å². The highest BCUT2D eigenvalue weighted by molar-refractivity contribution is 5.84. The Labute approximate surface area is 153 Å². The predicted octanol–water partition coefficient (Wildman–Crippen LogP) is 3.67. The Morgan fingerprint density at radius 2 is 1.81 bits per heavy atom. The summed E-state index contributed by atoms with van der Waals surface area (Å²) in [6, 6.07) is 7.91. The Bertz CT molecular complexity index is 908. The molecule has 2 N–H and O–H groups in total. The van der Waals surface area contributed by atoms with Gasteiger partial charge in [-0.05, 0) is 80.2 Å². The molecule has 4 heteroatoms. The lowest BCUT2D eigenvalue weighted by molar-refractivity contribution is -0.146. The van der Waals surface area contributed by atoms with Gasteiger partial charge in [-0.25, -0.2) is 0 Å². The number of hydrogen-bond donors (Lipinski definition) is 2. The fourth-order valence-corrected chi connectivity index (χ4v) is 6.31. The topological polar surface area (TPSA) is 62.0 Å². The van der Waals surface area contributed by atoms with Gasteiger partial charge >= 0.3 is 0 Å². The molecule has 1 aromatic carbocycles. The quantitative estimate of drug-likeness (QED) is 0.887. The van der Waals surface area contributed by atoms with E-state index in [-0.39, 0.29) is 16.9 Å². The number of H-pyrrole nitrogens is 1. The SMILES string of the molecule is Cc1cccc2cc(CNC(=O)C34CC5CC(CC(C5)C3)C4)c(=O)[nH]c12. The normalized spacial score (nSPS) is 32.1. The van der Waals surface area contributed by atoms with Gasteiger partial charge in [0.2, 0.25) is 5.91 Å². The Morgan fingerprint density at radius 3 is 2.46 bits per heavy atom. The number of carbonyl (C=O) groups excluding carboxylic acids is 1. The maximum atomic E-state index is 13.1. The van der Waals surface area contributed by atoms with E-state index in [2.05, 4.69) is 10.3 Å². The van der Waals surface area contributed by atoms with Crippen LogP contribution in [-0.4, -0.2) is 10.9 Å². The molecule has 0 spiro atoms. The van der Waals surface area contributed by atoms with E-state index in [9.17, 15) is 9.59 Å². The molecule has 0 radical (unpaired) electrons. The molecular weight excluding hydrogens is 324 g/mol. The minimum absolute atomic E-state index is 0.0994. The van der Waals surface area contributed by atoms with Crippen molar-refractivity contribution in [2.24, 2.45) is 23.2 Å². The van der Waals surface area contributed by atoms with Crippen LogP contribution in [0.2, 0.25) is 0 Å². The van der Waals surface area contributed by atoms with Crippen LogP contribution in [0.25, 0.3) is 10.9 Å². The summed E-state index contributed by atoms with van der Waals surface area (Å²) in [6.07, 6.45) is 7.15. The Balaban J connectivity index is 1.36. The third-order valence-corrected chi connectivity index (χ3v) is 7.12. The Kier molecular flexibility index (Phi) is 3.53. The van der Waals surface area contributed by atoms with Crippen molar-refractivity contribution in [2.75, 3.05) is 0 Å². The van der Waals surface area contributed by atoms with Crippen molar-refractivity contribution < 1.29 is 4.79 Å². The van der Waals surface area contributed by atoms with E-state index in [0.29, 0.717) is 12.1 Å². The number of carbonyl (C=O) groups is 1. The monoisotopic (exact) mass is 350 g/mol. The molecule has 0 saturated heterocycles. The number of rotatable bonds is 3. The highest BCUT2D eigenvalue weighted by atomic mass is 16.2. The fourth-order valence-electron chi connectivity index (χ4n) is 6.31. The molecular formula is C22H26N2O2. The van der Waals surface area contributed by atoms with Gasteiger partial charge in [0.05, 0.1) is 5.52 Å². The second kappa shape index (κ2) is 5.70. The van der Waals surface area contributed by atoms with Gasteiger partial charge in [-0.1, -0.05) is 18.2 Å². The zero-order chi connectivity index (χ0) is 17.9. The number of hydrogen-bond acceptors (Lipinski definition) is 2. The molecule has 4 aliphatic carbocycles. The highest BCUT2D eigenvalue weighted by Gasteiger charge is 2.54. The number of fused-ring (bicyclic) bond motifs is 1. The van der Waals surface area contributed by atoms with Crippen LogP contribution >= 0.6 is 0 Å². The van der Waals surface area contributed by atoms with Crippen LogP contribution in [0.5, 0.6) is 0 Å². The summed E-state index contributed by atoms with van der Waals surface area (Å²) in [4.78, 5) is 28.5. The number of aryl methyl sites for hydroxylation is 1. The van der Waals surface area contributed by atoms with Crippen LogP contribution in [0.1, 0.15) is 49.7 Å². The van der Waals surface area contributed by atoms with E-state index < -0.39 is 0 Å². The van der Waals surface area contributed by atoms with Gasteiger partial charge in [-0.3, -0.25) is 9.59 Å². The average molecular weight is 350 g/mol. The molecule has 2 aromatic rings. The van der Waals surface area contributed by atoms with Crippen molar-refractivity contribution in [3.05, 3.63) is 45.7 Å². The highest BCUT2D eigenvalue weighted by Crippen LogP contribution is 2.60. The molecule has 4 fully saturated rings. The minimum atomic E-state index is -0.158. The molecule has 26 heavy (non-hydrogen) atoms. The van der Waals surface area contributed by atoms with Crippen LogP contribution in [0.15, 0.2) is 29.1 Å². The largest absolute Gasteiger partial charge is 0.351 e. The number of benzene rings is 1. The van der Waals surface area contributed by atoms with Crippen molar-refractivity contribution in [3.8, 4) is 0 Å². The summed E-state index contributed by atoms with van der Waals surface area (Å²) in [5.41, 5.74) is 2.32. The average Bonchev–Trinajstić information content (AvgIpc) is 2.59. The van der Waals surface area contributed by atoms with Crippen LogP contribution in [-0.2, 0) is 11.3 Å². The second-order valence-electron chi connectivity index (χ2n) is 9.04. The number of pyridine rings is 1. The molecule has 136 valence electrons. The van der Waals surface area contributed by atoms with E-state index >= 15 is 0 Å². The molecule has 1 heterocycles. The summed E-state index contributed by atoms with van der Waals surface area (Å²) in [7, 11) is 0. The first-order valence-electron chi connectivity index (χ1n) is 9.92. The summed E-state index contributed by atoms with van der Waals surface area (Å²) in [6.45, 7) is 2.31. The van der Waals surface area contributed by atoms with E-state index in [1.54, 1.807) is 0 Å².